The summed E-state index contributed by atoms with van der Waals surface area (Å²) in [5.41, 5.74) is 3.41. The Kier molecular flexibility index (Phi) is 3.90. The standard InChI is InChI=1S/C15H16O3S/c1-9-4-10(2)6-12(5-9)8-18-13-7-11(3)19-14(13)15(16)17/h4-7H,8H2,1-3H3,(H,16,17). The minimum absolute atomic E-state index is 0.266. The molecule has 0 radical (unpaired) electrons. The molecule has 0 saturated carbocycles. The molecule has 1 N–H and O–H groups in total. The highest BCUT2D eigenvalue weighted by Crippen LogP contribution is 2.29. The van der Waals surface area contributed by atoms with Gasteiger partial charge in [0, 0.05) is 4.88 Å². The molecule has 2 rings (SSSR count). The SMILES string of the molecule is Cc1cc(C)cc(COc2cc(C)sc2C(=O)O)c1. The van der Waals surface area contributed by atoms with Crippen molar-refractivity contribution < 1.29 is 14.6 Å². The summed E-state index contributed by atoms with van der Waals surface area (Å²) >= 11 is 1.24. The Morgan fingerprint density at radius 2 is 1.79 bits per heavy atom. The van der Waals surface area contributed by atoms with Crippen LogP contribution in [0.3, 0.4) is 0 Å². The summed E-state index contributed by atoms with van der Waals surface area (Å²) in [6.07, 6.45) is 0. The van der Waals surface area contributed by atoms with Crippen LogP contribution < -0.4 is 4.74 Å². The van der Waals surface area contributed by atoms with Gasteiger partial charge in [-0.2, -0.15) is 0 Å². The van der Waals surface area contributed by atoms with Gasteiger partial charge < -0.3 is 9.84 Å². The van der Waals surface area contributed by atoms with E-state index in [1.165, 1.54) is 22.5 Å². The van der Waals surface area contributed by atoms with Gasteiger partial charge in [-0.1, -0.05) is 29.3 Å². The summed E-state index contributed by atoms with van der Waals surface area (Å²) in [6, 6.07) is 7.97. The van der Waals surface area contributed by atoms with Crippen LogP contribution in [0.5, 0.6) is 5.75 Å². The number of aromatic carboxylic acids is 1. The lowest BCUT2D eigenvalue weighted by Gasteiger charge is -2.07. The first-order valence-corrected chi connectivity index (χ1v) is 6.81. The highest BCUT2D eigenvalue weighted by atomic mass is 32.1. The van der Waals surface area contributed by atoms with E-state index in [0.717, 1.165) is 10.4 Å². The first kappa shape index (κ1) is 13.6. The Labute approximate surface area is 116 Å². The van der Waals surface area contributed by atoms with E-state index in [0.29, 0.717) is 12.4 Å². The summed E-state index contributed by atoms with van der Waals surface area (Å²) in [5, 5.41) is 9.09. The van der Waals surface area contributed by atoms with Crippen LogP contribution in [-0.4, -0.2) is 11.1 Å². The van der Waals surface area contributed by atoms with E-state index in [-0.39, 0.29) is 4.88 Å². The van der Waals surface area contributed by atoms with E-state index in [2.05, 4.69) is 6.07 Å². The van der Waals surface area contributed by atoms with Crippen LogP contribution in [0.2, 0.25) is 0 Å². The summed E-state index contributed by atoms with van der Waals surface area (Å²) in [7, 11) is 0. The Bertz CT molecular complexity index is 594. The highest BCUT2D eigenvalue weighted by molar-refractivity contribution is 7.14. The molecular weight excluding hydrogens is 260 g/mol. The normalized spacial score (nSPS) is 10.5. The molecule has 19 heavy (non-hydrogen) atoms. The summed E-state index contributed by atoms with van der Waals surface area (Å²) in [5.74, 6) is -0.484. The van der Waals surface area contributed by atoms with Crippen LogP contribution in [-0.2, 0) is 6.61 Å². The maximum absolute atomic E-state index is 11.1. The molecule has 0 aliphatic rings. The summed E-state index contributed by atoms with van der Waals surface area (Å²) in [4.78, 5) is 12.3. The van der Waals surface area contributed by atoms with Crippen LogP contribution >= 0.6 is 11.3 Å². The quantitative estimate of drug-likeness (QED) is 0.919. The largest absolute Gasteiger partial charge is 0.487 e. The predicted molar refractivity (Wildman–Crippen MR) is 76.3 cm³/mol. The minimum atomic E-state index is -0.937. The third-order valence-electron chi connectivity index (χ3n) is 2.69. The maximum Gasteiger partial charge on any atom is 0.349 e. The van der Waals surface area contributed by atoms with Gasteiger partial charge in [-0.05, 0) is 32.4 Å². The second-order valence-electron chi connectivity index (χ2n) is 4.64. The zero-order valence-electron chi connectivity index (χ0n) is 11.2. The average Bonchev–Trinajstić information content (AvgIpc) is 2.67. The van der Waals surface area contributed by atoms with E-state index in [1.54, 1.807) is 6.07 Å². The lowest BCUT2D eigenvalue weighted by molar-refractivity contribution is 0.0697. The number of benzene rings is 1. The number of carbonyl (C=O) groups is 1. The second kappa shape index (κ2) is 5.45. The van der Waals surface area contributed by atoms with Crippen molar-refractivity contribution >= 4 is 17.3 Å². The van der Waals surface area contributed by atoms with Crippen LogP contribution in [0.4, 0.5) is 0 Å². The number of ether oxygens (including phenoxy) is 1. The number of hydrogen-bond acceptors (Lipinski definition) is 3. The molecule has 0 bridgehead atoms. The van der Waals surface area contributed by atoms with Crippen molar-refractivity contribution in [3.63, 3.8) is 0 Å². The molecule has 0 aliphatic carbocycles. The maximum atomic E-state index is 11.1. The van der Waals surface area contributed by atoms with Gasteiger partial charge >= 0.3 is 5.97 Å². The van der Waals surface area contributed by atoms with Gasteiger partial charge in [0.15, 0.2) is 4.88 Å². The topological polar surface area (TPSA) is 46.5 Å². The smallest absolute Gasteiger partial charge is 0.349 e. The molecule has 0 saturated heterocycles. The van der Waals surface area contributed by atoms with E-state index in [4.69, 9.17) is 9.84 Å². The number of thiophene rings is 1. The first-order valence-electron chi connectivity index (χ1n) is 5.99. The van der Waals surface area contributed by atoms with Gasteiger partial charge in [0.1, 0.15) is 12.4 Å². The van der Waals surface area contributed by atoms with Crippen molar-refractivity contribution in [3.05, 3.63) is 50.7 Å². The molecular formula is C15H16O3S. The van der Waals surface area contributed by atoms with Gasteiger partial charge in [0.2, 0.25) is 0 Å². The molecule has 0 fully saturated rings. The fraction of sp³-hybridized carbons (Fsp3) is 0.267. The van der Waals surface area contributed by atoms with Crippen LogP contribution in [0.25, 0.3) is 0 Å². The lowest BCUT2D eigenvalue weighted by Crippen LogP contribution is -2.00. The molecule has 2 aromatic rings. The molecule has 1 aromatic heterocycles. The molecule has 1 heterocycles. The minimum Gasteiger partial charge on any atom is -0.487 e. The first-order chi connectivity index (χ1) is 8.95. The Hall–Kier alpha value is -1.81. The third kappa shape index (κ3) is 3.35. The zero-order chi connectivity index (χ0) is 14.0. The van der Waals surface area contributed by atoms with Crippen molar-refractivity contribution in [1.82, 2.24) is 0 Å². The Balaban J connectivity index is 2.16. The highest BCUT2D eigenvalue weighted by Gasteiger charge is 2.15. The van der Waals surface area contributed by atoms with Gasteiger partial charge in [0.05, 0.1) is 0 Å². The molecule has 0 spiro atoms. The monoisotopic (exact) mass is 276 g/mol. The molecule has 3 nitrogen and oxygen atoms in total. The molecule has 0 atom stereocenters. The van der Waals surface area contributed by atoms with Crippen LogP contribution in [0.15, 0.2) is 24.3 Å². The van der Waals surface area contributed by atoms with E-state index in [9.17, 15) is 4.79 Å². The zero-order valence-corrected chi connectivity index (χ0v) is 12.0. The second-order valence-corrected chi connectivity index (χ2v) is 5.90. The molecule has 4 heteroatoms. The van der Waals surface area contributed by atoms with Crippen molar-refractivity contribution in [2.45, 2.75) is 27.4 Å². The Morgan fingerprint density at radius 1 is 1.16 bits per heavy atom. The van der Waals surface area contributed by atoms with E-state index >= 15 is 0 Å². The fourth-order valence-electron chi connectivity index (χ4n) is 2.06. The third-order valence-corrected chi connectivity index (χ3v) is 3.71. The number of carboxylic acids is 1. The van der Waals surface area contributed by atoms with Crippen molar-refractivity contribution in [2.75, 3.05) is 0 Å². The molecule has 0 unspecified atom stereocenters. The molecule has 100 valence electrons. The summed E-state index contributed by atoms with van der Waals surface area (Å²) in [6.45, 7) is 6.33. The predicted octanol–water partition coefficient (Wildman–Crippen LogP) is 3.95. The van der Waals surface area contributed by atoms with Crippen molar-refractivity contribution in [2.24, 2.45) is 0 Å². The Morgan fingerprint density at radius 3 is 2.37 bits per heavy atom. The number of hydrogen-bond donors (Lipinski definition) is 1. The van der Waals surface area contributed by atoms with Crippen LogP contribution in [0.1, 0.15) is 31.2 Å². The molecule has 1 aromatic carbocycles. The van der Waals surface area contributed by atoms with Gasteiger partial charge in [-0.3, -0.25) is 0 Å². The van der Waals surface area contributed by atoms with Crippen molar-refractivity contribution in [1.29, 1.82) is 0 Å². The van der Waals surface area contributed by atoms with E-state index in [1.807, 2.05) is 32.9 Å². The summed E-state index contributed by atoms with van der Waals surface area (Å²) < 4.78 is 5.64. The van der Waals surface area contributed by atoms with Crippen molar-refractivity contribution in [3.8, 4) is 5.75 Å². The van der Waals surface area contributed by atoms with Gasteiger partial charge in [-0.25, -0.2) is 4.79 Å². The molecule has 0 aliphatic heterocycles. The number of aryl methyl sites for hydroxylation is 3. The fourth-order valence-corrected chi connectivity index (χ4v) is 2.85. The molecule has 0 amide bonds. The number of carboxylic acid groups (broad SMARTS) is 1. The van der Waals surface area contributed by atoms with Gasteiger partial charge in [-0.15, -0.1) is 11.3 Å². The van der Waals surface area contributed by atoms with E-state index < -0.39 is 5.97 Å². The van der Waals surface area contributed by atoms with Crippen LogP contribution in [0, 0.1) is 20.8 Å². The lowest BCUT2D eigenvalue weighted by atomic mass is 10.1. The number of rotatable bonds is 4. The average molecular weight is 276 g/mol. The van der Waals surface area contributed by atoms with Gasteiger partial charge in [0.25, 0.3) is 0 Å².